The van der Waals surface area contributed by atoms with Crippen LogP contribution in [-0.4, -0.2) is 63.7 Å². The van der Waals surface area contributed by atoms with E-state index in [1.54, 1.807) is 0 Å². The largest absolute Gasteiger partial charge is 0.474 e. The van der Waals surface area contributed by atoms with Crippen LogP contribution in [0.4, 0.5) is 11.6 Å². The summed E-state index contributed by atoms with van der Waals surface area (Å²) in [5, 5.41) is 28.8. The van der Waals surface area contributed by atoms with E-state index < -0.39 is 5.92 Å². The van der Waals surface area contributed by atoms with Gasteiger partial charge in [0.2, 0.25) is 5.88 Å². The van der Waals surface area contributed by atoms with Crippen molar-refractivity contribution in [1.82, 2.24) is 19.9 Å². The molecule has 3 aromatic rings. The Balaban J connectivity index is 1.62. The van der Waals surface area contributed by atoms with Crippen molar-refractivity contribution in [3.8, 4) is 5.88 Å². The second-order valence-corrected chi connectivity index (χ2v) is 8.95. The van der Waals surface area contributed by atoms with Crippen molar-refractivity contribution in [2.45, 2.75) is 39.3 Å². The van der Waals surface area contributed by atoms with Gasteiger partial charge in [0.05, 0.1) is 29.4 Å². The van der Waals surface area contributed by atoms with Gasteiger partial charge >= 0.3 is 0 Å². The number of pyridine rings is 1. The van der Waals surface area contributed by atoms with Crippen molar-refractivity contribution in [1.29, 1.82) is 16.2 Å². The Morgan fingerprint density at radius 3 is 2.69 bits per heavy atom. The summed E-state index contributed by atoms with van der Waals surface area (Å²) in [6.45, 7) is 7.68. The number of nitrogens with zero attached hydrogens (tertiary/aromatic N) is 4. The number of fused-ring (bicyclic) bond motifs is 1. The van der Waals surface area contributed by atoms with Crippen molar-refractivity contribution < 1.29 is 4.74 Å². The number of nitrogens with one attached hydrogen (secondary N) is 4. The number of likely N-dealkylation sites (tertiary alicyclic amines) is 1. The summed E-state index contributed by atoms with van der Waals surface area (Å²) >= 11 is 0. The second-order valence-electron chi connectivity index (χ2n) is 8.95. The number of nitrogen functional groups attached to an aromatic ring is 1. The maximum atomic E-state index is 8.45. The van der Waals surface area contributed by atoms with Gasteiger partial charge in [-0.3, -0.25) is 0 Å². The molecule has 0 aliphatic carbocycles. The number of piperidine rings is 1. The van der Waals surface area contributed by atoms with Crippen molar-refractivity contribution in [3.63, 3.8) is 0 Å². The number of aryl methyl sites for hydroxylation is 1. The number of anilines is 2. The molecule has 0 radical (unpaired) electrons. The highest BCUT2D eigenvalue weighted by atomic mass is 16.5. The molecule has 0 saturated carbocycles. The van der Waals surface area contributed by atoms with Crippen molar-refractivity contribution >= 4 is 40.5 Å². The second kappa shape index (κ2) is 11.2. The fourth-order valence-electron chi connectivity index (χ4n) is 4.53. The molecule has 36 heavy (non-hydrogen) atoms. The van der Waals surface area contributed by atoms with Gasteiger partial charge in [-0.15, -0.1) is 0 Å². The minimum atomic E-state index is -0.806. The van der Waals surface area contributed by atoms with Gasteiger partial charge in [0, 0.05) is 30.9 Å². The van der Waals surface area contributed by atoms with Gasteiger partial charge < -0.3 is 36.9 Å². The number of ether oxygens (including phenoxy) is 1. The van der Waals surface area contributed by atoms with Gasteiger partial charge in [0.25, 0.3) is 0 Å². The van der Waals surface area contributed by atoms with Crippen LogP contribution in [-0.2, 0) is 6.54 Å². The lowest BCUT2D eigenvalue weighted by atomic mass is 9.99. The average Bonchev–Trinajstić information content (AvgIpc) is 2.88. The van der Waals surface area contributed by atoms with Crippen LogP contribution in [0.25, 0.3) is 10.8 Å². The molecule has 10 nitrogen and oxygen atoms in total. The Morgan fingerprint density at radius 2 is 2.00 bits per heavy atom. The molecule has 10 heteroatoms. The lowest BCUT2D eigenvalue weighted by molar-refractivity contribution is 0.101. The predicted octanol–water partition coefficient (Wildman–Crippen LogP) is 3.67. The minimum Gasteiger partial charge on any atom is -0.474 e. The summed E-state index contributed by atoms with van der Waals surface area (Å²) in [5.41, 5.74) is 8.21. The highest BCUT2D eigenvalue weighted by molar-refractivity contribution is 6.20. The van der Waals surface area contributed by atoms with Gasteiger partial charge in [-0.05, 0) is 43.3 Å². The van der Waals surface area contributed by atoms with Crippen LogP contribution < -0.4 is 15.8 Å². The van der Waals surface area contributed by atoms with E-state index in [4.69, 9.17) is 31.7 Å². The van der Waals surface area contributed by atoms with E-state index >= 15 is 0 Å². The summed E-state index contributed by atoms with van der Waals surface area (Å²) in [5.74, 6) is 0.317. The Hall–Kier alpha value is -3.92. The minimum absolute atomic E-state index is 0.00913. The third-order valence-electron chi connectivity index (χ3n) is 6.62. The van der Waals surface area contributed by atoms with Gasteiger partial charge in [-0.25, -0.2) is 15.0 Å². The lowest BCUT2D eigenvalue weighted by Crippen LogP contribution is -2.38. The maximum absolute atomic E-state index is 8.45. The van der Waals surface area contributed by atoms with Crippen LogP contribution in [0.3, 0.4) is 0 Å². The molecule has 0 unspecified atom stereocenters. The standard InChI is InChI=1S/C26H33N9O/c1-3-35-9-7-20(8-10-35)36-26-21-16(2)5-4-6-17(21)11-19(34-26)14-31-25-22(24(30)32-15-33-25)23(29)18(12-27)13-28/h4-6,11-13,15,18,20,27-29H,3,7-10,14H2,1-2H3,(H3,30,31,32,33). The molecule has 188 valence electrons. The maximum Gasteiger partial charge on any atom is 0.222 e. The first-order valence-corrected chi connectivity index (χ1v) is 12.2. The quantitative estimate of drug-likeness (QED) is 0.273. The fraction of sp³-hybridized carbons (Fsp3) is 0.385. The van der Waals surface area contributed by atoms with Crippen molar-refractivity contribution in [2.75, 3.05) is 30.7 Å². The van der Waals surface area contributed by atoms with Crippen LogP contribution in [0.1, 0.15) is 36.6 Å². The molecule has 6 N–H and O–H groups in total. The van der Waals surface area contributed by atoms with E-state index in [-0.39, 0.29) is 23.2 Å². The molecule has 4 rings (SSSR count). The van der Waals surface area contributed by atoms with Crippen LogP contribution in [0.2, 0.25) is 0 Å². The number of aromatic nitrogens is 3. The van der Waals surface area contributed by atoms with Crippen LogP contribution in [0.15, 0.2) is 30.6 Å². The molecule has 0 atom stereocenters. The van der Waals surface area contributed by atoms with E-state index in [0.29, 0.717) is 18.2 Å². The average molecular weight is 488 g/mol. The van der Waals surface area contributed by atoms with Gasteiger partial charge in [-0.1, -0.05) is 25.1 Å². The van der Waals surface area contributed by atoms with Crippen LogP contribution >= 0.6 is 0 Å². The molecule has 1 aliphatic rings. The van der Waals surface area contributed by atoms with Gasteiger partial charge in [0.15, 0.2) is 0 Å². The number of hydrogen-bond donors (Lipinski definition) is 5. The third kappa shape index (κ3) is 5.33. The molecule has 1 aromatic carbocycles. The zero-order valence-corrected chi connectivity index (χ0v) is 20.7. The summed E-state index contributed by atoms with van der Waals surface area (Å²) < 4.78 is 6.48. The molecule has 1 saturated heterocycles. The van der Waals surface area contributed by atoms with E-state index in [1.807, 2.05) is 12.1 Å². The Morgan fingerprint density at radius 1 is 1.25 bits per heavy atom. The van der Waals surface area contributed by atoms with E-state index in [1.165, 1.54) is 6.33 Å². The van der Waals surface area contributed by atoms with Crippen LogP contribution in [0.5, 0.6) is 5.88 Å². The molecule has 0 amide bonds. The fourth-order valence-corrected chi connectivity index (χ4v) is 4.53. The highest BCUT2D eigenvalue weighted by Gasteiger charge is 2.23. The monoisotopic (exact) mass is 487 g/mol. The topological polar surface area (TPSA) is 161 Å². The first kappa shape index (κ1) is 25.2. The lowest BCUT2D eigenvalue weighted by Gasteiger charge is -2.31. The Labute approximate surface area is 210 Å². The SMILES string of the molecule is CCN1CCC(Oc2nc(CNc3ncnc(N)c3C(=N)C(C=N)C=N)cc3cccc(C)c23)CC1. The Kier molecular flexibility index (Phi) is 7.84. The summed E-state index contributed by atoms with van der Waals surface area (Å²) in [7, 11) is 0. The van der Waals surface area contributed by atoms with Gasteiger partial charge in [0.1, 0.15) is 24.1 Å². The van der Waals surface area contributed by atoms with Crippen molar-refractivity contribution in [3.05, 3.63) is 47.4 Å². The van der Waals surface area contributed by atoms with Gasteiger partial charge in [-0.2, -0.15) is 0 Å². The third-order valence-corrected chi connectivity index (χ3v) is 6.62. The smallest absolute Gasteiger partial charge is 0.222 e. The molecule has 0 spiro atoms. The predicted molar refractivity (Wildman–Crippen MR) is 144 cm³/mol. The first-order chi connectivity index (χ1) is 17.4. The zero-order chi connectivity index (χ0) is 25.7. The molecule has 1 fully saturated rings. The molecule has 0 bridgehead atoms. The van der Waals surface area contributed by atoms with E-state index in [9.17, 15) is 0 Å². The molecule has 2 aromatic heterocycles. The van der Waals surface area contributed by atoms with E-state index in [0.717, 1.165) is 66.9 Å². The molecular weight excluding hydrogens is 454 g/mol. The first-order valence-electron chi connectivity index (χ1n) is 12.2. The summed E-state index contributed by atoms with van der Waals surface area (Å²) in [4.78, 5) is 15.6. The summed E-state index contributed by atoms with van der Waals surface area (Å²) in [6.07, 6.45) is 5.43. The number of rotatable bonds is 10. The molecular formula is C26H33N9O. The number of hydrogen-bond acceptors (Lipinski definition) is 10. The zero-order valence-electron chi connectivity index (χ0n) is 20.7. The van der Waals surface area contributed by atoms with Crippen molar-refractivity contribution in [2.24, 2.45) is 5.92 Å². The number of benzene rings is 1. The molecule has 1 aliphatic heterocycles. The normalized spacial score (nSPS) is 15.4. The highest BCUT2D eigenvalue weighted by Crippen LogP contribution is 2.30. The van der Waals surface area contributed by atoms with Crippen LogP contribution in [0, 0.1) is 29.1 Å². The summed E-state index contributed by atoms with van der Waals surface area (Å²) in [6, 6.07) is 8.18. The Bertz CT molecular complexity index is 1260. The van der Waals surface area contributed by atoms with E-state index in [2.05, 4.69) is 46.2 Å². The molecule has 3 heterocycles. The number of nitrogens with two attached hydrogens (primary N) is 1.